The van der Waals surface area contributed by atoms with Crippen molar-refractivity contribution in [2.45, 2.75) is 91.2 Å². The van der Waals surface area contributed by atoms with Gasteiger partial charge >= 0.3 is 0 Å². The molecule has 0 atom stereocenters. The molecule has 0 radical (unpaired) electrons. The van der Waals surface area contributed by atoms with E-state index in [9.17, 15) is 0 Å². The van der Waals surface area contributed by atoms with E-state index in [1.165, 1.54) is 0 Å². The Balaban J connectivity index is 3.26. The van der Waals surface area contributed by atoms with E-state index in [4.69, 9.17) is 8.85 Å². The number of rotatable bonds is 7. The lowest BCUT2D eigenvalue weighted by atomic mass is 10.2. The minimum Gasteiger partial charge on any atom is -0.543 e. The maximum absolute atomic E-state index is 6.58. The Hall–Kier alpha value is -1.08. The molecule has 0 heterocycles. The molecule has 5 heteroatoms. The highest BCUT2D eigenvalue weighted by Crippen LogP contribution is 2.40. The zero-order valence-corrected chi connectivity index (χ0v) is 21.5. The van der Waals surface area contributed by atoms with Gasteiger partial charge in [-0.1, -0.05) is 48.5 Å². The van der Waals surface area contributed by atoms with Crippen molar-refractivity contribution in [3.63, 3.8) is 0 Å². The first kappa shape index (κ1) is 24.0. The third kappa shape index (κ3) is 6.49. The Morgan fingerprint density at radius 1 is 0.889 bits per heavy atom. The molecule has 0 aliphatic heterocycles. The van der Waals surface area contributed by atoms with Crippen LogP contribution in [0.25, 0.3) is 0 Å². The third-order valence-electron chi connectivity index (χ3n) is 5.91. The molecule has 0 spiro atoms. The van der Waals surface area contributed by atoms with E-state index in [0.29, 0.717) is 0 Å². The van der Waals surface area contributed by atoms with E-state index in [2.05, 4.69) is 97.8 Å². The van der Waals surface area contributed by atoms with E-state index in [0.717, 1.165) is 30.0 Å². The van der Waals surface area contributed by atoms with Gasteiger partial charge in [-0.05, 0) is 60.9 Å². The zero-order chi connectivity index (χ0) is 21.1. The molecule has 0 aliphatic rings. The monoisotopic (exact) mass is 407 g/mol. The molecular formula is C22H41NO2Si2. The summed E-state index contributed by atoms with van der Waals surface area (Å²) >= 11 is 0. The van der Waals surface area contributed by atoms with E-state index in [1.54, 1.807) is 0 Å². The second-order valence-electron chi connectivity index (χ2n) is 10.5. The summed E-state index contributed by atoms with van der Waals surface area (Å²) in [7, 11) is -3.79. The number of benzene rings is 1. The summed E-state index contributed by atoms with van der Waals surface area (Å²) in [5, 5.41) is 0.320. The van der Waals surface area contributed by atoms with E-state index in [1.807, 2.05) is 6.21 Å². The van der Waals surface area contributed by atoms with Crippen LogP contribution in [0.5, 0.6) is 11.5 Å². The summed E-state index contributed by atoms with van der Waals surface area (Å²) in [4.78, 5) is 4.57. The first-order valence-corrected chi connectivity index (χ1v) is 15.9. The first-order chi connectivity index (χ1) is 12.1. The van der Waals surface area contributed by atoms with Gasteiger partial charge in [-0.2, -0.15) is 0 Å². The summed E-state index contributed by atoms with van der Waals surface area (Å²) in [5.41, 5.74) is 1.02. The maximum Gasteiger partial charge on any atom is 0.250 e. The molecule has 1 aromatic carbocycles. The number of nitrogens with zero attached hydrogens (tertiary/aromatic N) is 1. The molecule has 1 aromatic rings. The summed E-state index contributed by atoms with van der Waals surface area (Å²) in [6, 6.07) is 6.22. The normalized spacial score (nSPS) is 13.9. The molecule has 3 nitrogen and oxygen atoms in total. The van der Waals surface area contributed by atoms with Crippen LogP contribution in [0.3, 0.4) is 0 Å². The fourth-order valence-electron chi connectivity index (χ4n) is 1.95. The summed E-state index contributed by atoms with van der Waals surface area (Å²) in [6.07, 6.45) is 2.99. The third-order valence-corrected chi connectivity index (χ3v) is 14.6. The van der Waals surface area contributed by atoms with Gasteiger partial charge in [-0.25, -0.2) is 0 Å². The van der Waals surface area contributed by atoms with Gasteiger partial charge in [0.1, 0.15) is 11.5 Å². The molecule has 0 aromatic heterocycles. The van der Waals surface area contributed by atoms with Crippen molar-refractivity contribution in [2.24, 2.45) is 4.99 Å². The molecule has 1 rings (SSSR count). The molecule has 27 heavy (non-hydrogen) atoms. The largest absolute Gasteiger partial charge is 0.543 e. The van der Waals surface area contributed by atoms with Crippen molar-refractivity contribution < 1.29 is 8.85 Å². The second kappa shape index (κ2) is 8.52. The van der Waals surface area contributed by atoms with Crippen molar-refractivity contribution in [1.82, 2.24) is 0 Å². The second-order valence-corrected chi connectivity index (χ2v) is 19.9. The maximum atomic E-state index is 6.58. The lowest BCUT2D eigenvalue weighted by Gasteiger charge is -2.38. The average Bonchev–Trinajstić information content (AvgIpc) is 2.47. The van der Waals surface area contributed by atoms with Crippen LogP contribution < -0.4 is 8.85 Å². The van der Waals surface area contributed by atoms with Crippen LogP contribution in [0.15, 0.2) is 23.2 Å². The molecule has 0 amide bonds. The van der Waals surface area contributed by atoms with E-state index < -0.39 is 16.6 Å². The number of hydrogen-bond donors (Lipinski definition) is 0. The molecule has 154 valence electrons. The summed E-state index contributed by atoms with van der Waals surface area (Å²) < 4.78 is 13.1. The van der Waals surface area contributed by atoms with Crippen molar-refractivity contribution in [3.05, 3.63) is 23.8 Å². The van der Waals surface area contributed by atoms with Crippen LogP contribution in [0.2, 0.25) is 36.3 Å². The van der Waals surface area contributed by atoms with Gasteiger partial charge in [0.25, 0.3) is 8.32 Å². The molecule has 0 saturated heterocycles. The molecule has 0 fully saturated rings. The van der Waals surface area contributed by atoms with E-state index >= 15 is 0 Å². The SMILES string of the molecule is CCCN=Cc1cc(O[Si](C)(C)C(C)(C)C)ccc1O[Si](C)(C)C(C)(C)C. The number of aliphatic imine (C=N–C) groups is 1. The molecule has 0 N–H and O–H groups in total. The zero-order valence-electron chi connectivity index (χ0n) is 19.5. The lowest BCUT2D eigenvalue weighted by molar-refractivity contribution is 0.481. The molecule has 0 aliphatic carbocycles. The van der Waals surface area contributed by atoms with Crippen LogP contribution in [0, 0.1) is 0 Å². The molecular weight excluding hydrogens is 366 g/mol. The highest BCUT2D eigenvalue weighted by Gasteiger charge is 2.40. The first-order valence-electron chi connectivity index (χ1n) is 10.1. The Morgan fingerprint density at radius 3 is 1.89 bits per heavy atom. The Kier molecular flexibility index (Phi) is 7.56. The van der Waals surface area contributed by atoms with Crippen molar-refractivity contribution in [3.8, 4) is 11.5 Å². The molecule has 0 unspecified atom stereocenters. The van der Waals surface area contributed by atoms with Crippen LogP contribution in [0.1, 0.15) is 60.5 Å². The van der Waals surface area contributed by atoms with Gasteiger partial charge in [0.2, 0.25) is 8.32 Å². The lowest BCUT2D eigenvalue weighted by Crippen LogP contribution is -2.44. The minimum atomic E-state index is -1.91. The molecule has 0 saturated carbocycles. The fraction of sp³-hybridized carbons (Fsp3) is 0.682. The van der Waals surface area contributed by atoms with Crippen molar-refractivity contribution >= 4 is 22.8 Å². The molecule has 0 bridgehead atoms. The van der Waals surface area contributed by atoms with Crippen LogP contribution in [-0.2, 0) is 0 Å². The van der Waals surface area contributed by atoms with Gasteiger partial charge in [0, 0.05) is 18.3 Å². The van der Waals surface area contributed by atoms with Crippen molar-refractivity contribution in [2.75, 3.05) is 6.54 Å². The Morgan fingerprint density at radius 2 is 1.41 bits per heavy atom. The van der Waals surface area contributed by atoms with Crippen molar-refractivity contribution in [1.29, 1.82) is 0 Å². The van der Waals surface area contributed by atoms with Gasteiger partial charge in [0.15, 0.2) is 0 Å². The smallest absolute Gasteiger partial charge is 0.250 e. The summed E-state index contributed by atoms with van der Waals surface area (Å²) in [6.45, 7) is 25.6. The standard InChI is InChI=1S/C22H41NO2Si2/c1-12-15-23-17-18-16-19(24-26(8,9)21(2,3)4)13-14-20(18)25-27(10,11)22(5,6)7/h13-14,16-17H,12,15H2,1-11H3. The topological polar surface area (TPSA) is 30.8 Å². The Labute approximate surface area is 169 Å². The van der Waals surface area contributed by atoms with Crippen LogP contribution in [-0.4, -0.2) is 29.4 Å². The van der Waals surface area contributed by atoms with Gasteiger partial charge in [0.05, 0.1) is 0 Å². The van der Waals surface area contributed by atoms with Crippen LogP contribution in [0.4, 0.5) is 0 Å². The quantitative estimate of drug-likeness (QED) is 0.351. The van der Waals surface area contributed by atoms with E-state index in [-0.39, 0.29) is 10.1 Å². The Bertz CT molecular complexity index is 653. The predicted molar refractivity (Wildman–Crippen MR) is 125 cm³/mol. The average molecular weight is 408 g/mol. The highest BCUT2D eigenvalue weighted by atomic mass is 28.4. The number of hydrogen-bond acceptors (Lipinski definition) is 3. The van der Waals surface area contributed by atoms with Gasteiger partial charge in [-0.15, -0.1) is 0 Å². The van der Waals surface area contributed by atoms with Crippen LogP contribution >= 0.6 is 0 Å². The highest BCUT2D eigenvalue weighted by molar-refractivity contribution is 6.75. The predicted octanol–water partition coefficient (Wildman–Crippen LogP) is 7.28. The fourth-order valence-corrected chi connectivity index (χ4v) is 4.02. The minimum absolute atomic E-state index is 0.154. The van der Waals surface area contributed by atoms with Gasteiger partial charge in [-0.3, -0.25) is 4.99 Å². The summed E-state index contributed by atoms with van der Waals surface area (Å²) in [5.74, 6) is 1.84. The van der Waals surface area contributed by atoms with Gasteiger partial charge < -0.3 is 8.85 Å².